The standard InChI is InChI=1S/C17H22BrN5/c1-12(2)20-23-13(3)15-11-14(18)5-6-16(15)19-17(23)22-9-7-21(4)8-10-22/h5-6,11H,3,7-10H2,1-2,4H3. The first kappa shape index (κ1) is 16.2. The summed E-state index contributed by atoms with van der Waals surface area (Å²) in [6.45, 7) is 12.2. The first-order valence-electron chi connectivity index (χ1n) is 7.78. The molecule has 1 fully saturated rings. The molecule has 0 radical (unpaired) electrons. The van der Waals surface area contributed by atoms with Gasteiger partial charge in [-0.25, -0.2) is 10.0 Å². The highest BCUT2D eigenvalue weighted by Crippen LogP contribution is 2.36. The summed E-state index contributed by atoms with van der Waals surface area (Å²) in [4.78, 5) is 9.51. The van der Waals surface area contributed by atoms with Gasteiger partial charge in [0.1, 0.15) is 0 Å². The maximum absolute atomic E-state index is 4.88. The number of halogens is 1. The van der Waals surface area contributed by atoms with Crippen molar-refractivity contribution in [3.8, 4) is 0 Å². The summed E-state index contributed by atoms with van der Waals surface area (Å²) in [5.74, 6) is 0.874. The van der Waals surface area contributed by atoms with Crippen molar-refractivity contribution < 1.29 is 0 Å². The van der Waals surface area contributed by atoms with Gasteiger partial charge in [0.15, 0.2) is 0 Å². The Labute approximate surface area is 146 Å². The van der Waals surface area contributed by atoms with Crippen LogP contribution in [-0.4, -0.2) is 59.7 Å². The lowest BCUT2D eigenvalue weighted by molar-refractivity contribution is 0.204. The van der Waals surface area contributed by atoms with Crippen LogP contribution in [0.4, 0.5) is 5.69 Å². The van der Waals surface area contributed by atoms with E-state index in [0.29, 0.717) is 0 Å². The number of hydrazone groups is 1. The fraction of sp³-hybridized carbons (Fsp3) is 0.412. The molecule has 1 saturated heterocycles. The molecule has 0 saturated carbocycles. The minimum atomic E-state index is 0.867. The second-order valence-electron chi connectivity index (χ2n) is 6.17. The van der Waals surface area contributed by atoms with Gasteiger partial charge in [-0.15, -0.1) is 0 Å². The highest BCUT2D eigenvalue weighted by Gasteiger charge is 2.29. The third-order valence-corrected chi connectivity index (χ3v) is 4.51. The van der Waals surface area contributed by atoms with Crippen molar-refractivity contribution in [3.63, 3.8) is 0 Å². The molecule has 2 heterocycles. The average Bonchev–Trinajstić information content (AvgIpc) is 2.51. The van der Waals surface area contributed by atoms with E-state index in [0.717, 1.165) is 59.3 Å². The number of fused-ring (bicyclic) bond motifs is 1. The van der Waals surface area contributed by atoms with Crippen LogP contribution >= 0.6 is 15.9 Å². The van der Waals surface area contributed by atoms with E-state index in [-0.39, 0.29) is 0 Å². The average molecular weight is 376 g/mol. The predicted octanol–water partition coefficient (Wildman–Crippen LogP) is 3.37. The molecule has 0 amide bonds. The molecule has 23 heavy (non-hydrogen) atoms. The number of guanidine groups is 1. The quantitative estimate of drug-likeness (QED) is 0.705. The summed E-state index contributed by atoms with van der Waals surface area (Å²) >= 11 is 3.53. The zero-order chi connectivity index (χ0) is 16.6. The summed E-state index contributed by atoms with van der Waals surface area (Å²) in [6.07, 6.45) is 0. The number of likely N-dealkylation sites (N-methyl/N-ethyl adjacent to an activating group) is 1. The van der Waals surface area contributed by atoms with Crippen LogP contribution in [0.1, 0.15) is 19.4 Å². The van der Waals surface area contributed by atoms with E-state index in [1.54, 1.807) is 0 Å². The molecule has 122 valence electrons. The minimum Gasteiger partial charge on any atom is -0.338 e. The van der Waals surface area contributed by atoms with Crippen LogP contribution < -0.4 is 0 Å². The van der Waals surface area contributed by atoms with Crippen molar-refractivity contribution in [2.75, 3.05) is 33.2 Å². The molecular formula is C17H22BrN5. The van der Waals surface area contributed by atoms with E-state index in [1.165, 1.54) is 0 Å². The van der Waals surface area contributed by atoms with Crippen LogP contribution in [0.15, 0.2) is 39.3 Å². The Bertz CT molecular complexity index is 682. The fourth-order valence-electron chi connectivity index (χ4n) is 2.74. The normalized spacial score (nSPS) is 18.6. The van der Waals surface area contributed by atoms with Crippen LogP contribution in [0, 0.1) is 0 Å². The lowest BCUT2D eigenvalue weighted by atomic mass is 10.1. The second-order valence-corrected chi connectivity index (χ2v) is 7.08. The summed E-state index contributed by atoms with van der Waals surface area (Å²) < 4.78 is 1.02. The molecule has 0 aromatic heterocycles. The van der Waals surface area contributed by atoms with Crippen molar-refractivity contribution in [1.29, 1.82) is 0 Å². The lowest BCUT2D eigenvalue weighted by Gasteiger charge is -2.39. The van der Waals surface area contributed by atoms with Crippen LogP contribution in [0.3, 0.4) is 0 Å². The van der Waals surface area contributed by atoms with Gasteiger partial charge in [-0.1, -0.05) is 22.5 Å². The number of nitrogens with zero attached hydrogens (tertiary/aromatic N) is 5. The smallest absolute Gasteiger partial charge is 0.227 e. The molecule has 0 N–H and O–H groups in total. The molecule has 2 aliphatic heterocycles. The van der Waals surface area contributed by atoms with Gasteiger partial charge in [-0.3, -0.25) is 0 Å². The molecule has 0 bridgehead atoms. The van der Waals surface area contributed by atoms with Crippen LogP contribution in [0.2, 0.25) is 0 Å². The molecule has 1 aromatic carbocycles. The predicted molar refractivity (Wildman–Crippen MR) is 100.0 cm³/mol. The molecule has 0 aliphatic carbocycles. The molecule has 0 spiro atoms. The van der Waals surface area contributed by atoms with Gasteiger partial charge in [0.2, 0.25) is 5.96 Å². The Hall–Kier alpha value is -1.66. The van der Waals surface area contributed by atoms with E-state index < -0.39 is 0 Å². The van der Waals surface area contributed by atoms with Crippen molar-refractivity contribution >= 4 is 39.0 Å². The van der Waals surface area contributed by atoms with E-state index in [2.05, 4.69) is 50.5 Å². The number of rotatable bonds is 1. The minimum absolute atomic E-state index is 0.867. The molecule has 0 unspecified atom stereocenters. The van der Waals surface area contributed by atoms with Gasteiger partial charge in [-0.05, 0) is 39.1 Å². The molecule has 2 aliphatic rings. The summed E-state index contributed by atoms with van der Waals surface area (Å²) in [7, 11) is 2.15. The molecule has 6 heteroatoms. The SMILES string of the molecule is C=C1c2cc(Br)ccc2N=C(N2CCN(C)CC2)N1N=C(C)C. The first-order chi connectivity index (χ1) is 11.0. The second kappa shape index (κ2) is 6.45. The van der Waals surface area contributed by atoms with Crippen LogP contribution in [0.5, 0.6) is 0 Å². The molecule has 0 atom stereocenters. The van der Waals surface area contributed by atoms with Gasteiger partial charge >= 0.3 is 0 Å². The van der Waals surface area contributed by atoms with E-state index in [9.17, 15) is 0 Å². The van der Waals surface area contributed by atoms with Gasteiger partial charge < -0.3 is 9.80 Å². The topological polar surface area (TPSA) is 34.4 Å². The monoisotopic (exact) mass is 375 g/mol. The number of hydrogen-bond acceptors (Lipinski definition) is 5. The number of aliphatic imine (C=N–C) groups is 1. The zero-order valence-corrected chi connectivity index (χ0v) is 15.5. The molecule has 1 aromatic rings. The largest absolute Gasteiger partial charge is 0.338 e. The Morgan fingerprint density at radius 1 is 1.22 bits per heavy atom. The number of benzene rings is 1. The van der Waals surface area contributed by atoms with E-state index in [1.807, 2.05) is 31.0 Å². The Morgan fingerprint density at radius 3 is 2.57 bits per heavy atom. The van der Waals surface area contributed by atoms with Crippen molar-refractivity contribution in [3.05, 3.63) is 34.8 Å². The van der Waals surface area contributed by atoms with Crippen molar-refractivity contribution in [2.24, 2.45) is 10.1 Å². The zero-order valence-electron chi connectivity index (χ0n) is 13.9. The summed E-state index contributed by atoms with van der Waals surface area (Å²) in [6, 6.07) is 6.09. The van der Waals surface area contributed by atoms with Crippen LogP contribution in [-0.2, 0) is 0 Å². The molecule has 3 rings (SSSR count). The van der Waals surface area contributed by atoms with Gasteiger partial charge in [0.05, 0.1) is 11.4 Å². The highest BCUT2D eigenvalue weighted by molar-refractivity contribution is 9.10. The Morgan fingerprint density at radius 2 is 1.91 bits per heavy atom. The summed E-state index contributed by atoms with van der Waals surface area (Å²) in [5.41, 5.74) is 3.81. The lowest BCUT2D eigenvalue weighted by Crippen LogP contribution is -2.51. The molecule has 5 nitrogen and oxygen atoms in total. The number of hydrogen-bond donors (Lipinski definition) is 0. The van der Waals surface area contributed by atoms with E-state index >= 15 is 0 Å². The summed E-state index contributed by atoms with van der Waals surface area (Å²) in [5, 5.41) is 6.56. The maximum Gasteiger partial charge on any atom is 0.227 e. The Balaban J connectivity index is 2.04. The first-order valence-corrected chi connectivity index (χ1v) is 8.58. The van der Waals surface area contributed by atoms with Crippen LogP contribution in [0.25, 0.3) is 5.70 Å². The van der Waals surface area contributed by atoms with Gasteiger partial charge in [0, 0.05) is 41.9 Å². The number of piperazine rings is 1. The van der Waals surface area contributed by atoms with Gasteiger partial charge in [-0.2, -0.15) is 5.10 Å². The van der Waals surface area contributed by atoms with Crippen molar-refractivity contribution in [1.82, 2.24) is 14.8 Å². The Kier molecular flexibility index (Phi) is 4.55. The van der Waals surface area contributed by atoms with Gasteiger partial charge in [0.25, 0.3) is 0 Å². The molecular weight excluding hydrogens is 354 g/mol. The maximum atomic E-state index is 4.88. The van der Waals surface area contributed by atoms with E-state index in [4.69, 9.17) is 4.99 Å². The third kappa shape index (κ3) is 3.33. The highest BCUT2D eigenvalue weighted by atomic mass is 79.9. The third-order valence-electron chi connectivity index (χ3n) is 4.02. The van der Waals surface area contributed by atoms with Crippen molar-refractivity contribution in [2.45, 2.75) is 13.8 Å². The fourth-order valence-corrected chi connectivity index (χ4v) is 3.10.